The van der Waals surface area contributed by atoms with Gasteiger partial charge in [0.25, 0.3) is 0 Å². The maximum Gasteiger partial charge on any atom is 0.452 e. The van der Waals surface area contributed by atoms with E-state index in [1.165, 1.54) is 45.2 Å². The van der Waals surface area contributed by atoms with Gasteiger partial charge in [-0.2, -0.15) is 13.2 Å². The van der Waals surface area contributed by atoms with Crippen molar-refractivity contribution in [2.75, 3.05) is 21.3 Å². The number of hydrogen-bond donors (Lipinski definition) is 0. The summed E-state index contributed by atoms with van der Waals surface area (Å²) in [6.45, 7) is 0. The summed E-state index contributed by atoms with van der Waals surface area (Å²) in [5, 5.41) is 7.08. The number of nitrogens with zero attached hydrogens (tertiary/aromatic N) is 3. The van der Waals surface area contributed by atoms with E-state index in [0.29, 0.717) is 27.6 Å². The van der Waals surface area contributed by atoms with Gasteiger partial charge in [0.2, 0.25) is 5.82 Å². The van der Waals surface area contributed by atoms with Crippen molar-refractivity contribution in [1.29, 1.82) is 0 Å². The van der Waals surface area contributed by atoms with E-state index < -0.39 is 26.0 Å². The fraction of sp³-hybridized carbons (Fsp3) is 0.318. The van der Waals surface area contributed by atoms with E-state index >= 15 is 0 Å². The average molecular weight is 640 g/mol. The predicted molar refractivity (Wildman–Crippen MR) is 133 cm³/mol. The van der Waals surface area contributed by atoms with Crippen LogP contribution in [0.1, 0.15) is 34.4 Å². The monoisotopic (exact) mass is 639 g/mol. The quantitative estimate of drug-likeness (QED) is 0.194. The Balaban J connectivity index is 2.08. The van der Waals surface area contributed by atoms with Gasteiger partial charge in [-0.05, 0) is 29.8 Å². The summed E-state index contributed by atoms with van der Waals surface area (Å²) in [6.07, 6.45) is -5.07. The number of fused-ring (bicyclic) bond motifs is 3. The molecule has 0 spiro atoms. The van der Waals surface area contributed by atoms with Gasteiger partial charge in [-0.1, -0.05) is 46.3 Å². The number of methoxy groups -OCH3 is 3. The number of ether oxygens (including phenoxy) is 3. The standard InChI is InChI=1S/C22H18ClF3IN3O4S/c1-32-15-6-4-5-12(17(15)34-3)18-13-9-11(23)7-8-14(13)30-19(28-29-20(30)22(24,25)26)21(27,35-18)10-16(31)33-2/h4-9,18H,10H2,1-3H3/t18-,21+/m1/s1. The van der Waals surface area contributed by atoms with Gasteiger partial charge in [0, 0.05) is 10.6 Å². The molecule has 13 heteroatoms. The van der Waals surface area contributed by atoms with Gasteiger partial charge in [0.05, 0.1) is 38.7 Å². The molecule has 2 atom stereocenters. The summed E-state index contributed by atoms with van der Waals surface area (Å²) in [7, 11) is 4.18. The van der Waals surface area contributed by atoms with Crippen LogP contribution in [0.5, 0.6) is 11.5 Å². The number of rotatable bonds is 5. The van der Waals surface area contributed by atoms with E-state index in [4.69, 9.17) is 25.8 Å². The molecule has 1 aliphatic heterocycles. The summed E-state index contributed by atoms with van der Waals surface area (Å²) < 4.78 is 57.7. The number of benzene rings is 2. The Kier molecular flexibility index (Phi) is 7.17. The summed E-state index contributed by atoms with van der Waals surface area (Å²) in [5.41, 5.74) is 1.27. The number of carbonyl (C=O) groups is 1. The molecule has 2 aromatic carbocycles. The van der Waals surface area contributed by atoms with Gasteiger partial charge < -0.3 is 14.2 Å². The topological polar surface area (TPSA) is 75.5 Å². The molecule has 0 N–H and O–H groups in total. The molecule has 2 heterocycles. The third kappa shape index (κ3) is 4.67. The lowest BCUT2D eigenvalue weighted by atomic mass is 10.0. The molecule has 0 fully saturated rings. The lowest BCUT2D eigenvalue weighted by Crippen LogP contribution is -2.24. The van der Waals surface area contributed by atoms with Crippen LogP contribution < -0.4 is 9.47 Å². The van der Waals surface area contributed by atoms with Crippen LogP contribution in [0.15, 0.2) is 36.4 Å². The Labute approximate surface area is 221 Å². The Morgan fingerprint density at radius 2 is 1.91 bits per heavy atom. The maximum absolute atomic E-state index is 14.0. The molecule has 0 unspecified atom stereocenters. The number of thioether (sulfide) groups is 1. The molecule has 0 saturated carbocycles. The van der Waals surface area contributed by atoms with Crippen molar-refractivity contribution in [3.05, 3.63) is 64.2 Å². The van der Waals surface area contributed by atoms with Crippen LogP contribution in [0.3, 0.4) is 0 Å². The zero-order chi connectivity index (χ0) is 25.5. The number of carbonyl (C=O) groups excluding carboxylic acids is 1. The first kappa shape index (κ1) is 25.9. The van der Waals surface area contributed by atoms with Crippen molar-refractivity contribution in [3.63, 3.8) is 0 Å². The Hall–Kier alpha value is -2.19. The number of hydrogen-bond acceptors (Lipinski definition) is 7. The molecule has 7 nitrogen and oxygen atoms in total. The molecule has 1 aromatic heterocycles. The van der Waals surface area contributed by atoms with E-state index in [9.17, 15) is 18.0 Å². The van der Waals surface area contributed by atoms with E-state index in [0.717, 1.165) is 4.57 Å². The Bertz CT molecular complexity index is 1290. The number of aromatic nitrogens is 3. The Morgan fingerprint density at radius 1 is 1.17 bits per heavy atom. The van der Waals surface area contributed by atoms with Gasteiger partial charge in [0.1, 0.15) is 2.75 Å². The van der Waals surface area contributed by atoms with Crippen LogP contribution in [0.25, 0.3) is 5.69 Å². The van der Waals surface area contributed by atoms with E-state index in [1.807, 2.05) is 22.6 Å². The minimum Gasteiger partial charge on any atom is -0.493 e. The molecule has 1 aliphatic rings. The van der Waals surface area contributed by atoms with Crippen molar-refractivity contribution < 1.29 is 32.2 Å². The largest absolute Gasteiger partial charge is 0.493 e. The molecule has 0 saturated heterocycles. The van der Waals surface area contributed by atoms with E-state index in [1.54, 1.807) is 24.3 Å². The highest BCUT2D eigenvalue weighted by atomic mass is 127. The first-order valence-electron chi connectivity index (χ1n) is 10.0. The molecule has 0 amide bonds. The third-order valence-corrected chi connectivity index (χ3v) is 8.69. The van der Waals surface area contributed by atoms with Gasteiger partial charge in [0.15, 0.2) is 17.3 Å². The van der Waals surface area contributed by atoms with Crippen molar-refractivity contribution in [3.8, 4) is 17.2 Å². The van der Waals surface area contributed by atoms with Crippen LogP contribution in [-0.4, -0.2) is 42.1 Å². The number of halogens is 5. The minimum absolute atomic E-state index is 0.0474. The zero-order valence-electron chi connectivity index (χ0n) is 18.5. The van der Waals surface area contributed by atoms with Crippen molar-refractivity contribution in [2.24, 2.45) is 0 Å². The molecule has 0 bridgehead atoms. The first-order chi connectivity index (χ1) is 16.5. The maximum atomic E-state index is 14.0. The molecule has 3 aromatic rings. The SMILES string of the molecule is COC(=O)C[C@]1(I)S[C@H](c2cccc(OC)c2OC)c2cc(Cl)ccc2-n2c(C(F)(F)F)nnc21. The fourth-order valence-electron chi connectivity index (χ4n) is 3.91. The number of alkyl halides is 4. The van der Waals surface area contributed by atoms with Gasteiger partial charge in [-0.15, -0.1) is 22.0 Å². The summed E-state index contributed by atoms with van der Waals surface area (Å²) >= 11 is 9.48. The molecular formula is C22H18ClF3IN3O4S. The van der Waals surface area contributed by atoms with Gasteiger partial charge >= 0.3 is 12.1 Å². The average Bonchev–Trinajstić information content (AvgIpc) is 3.25. The number of esters is 1. The lowest BCUT2D eigenvalue weighted by Gasteiger charge is -2.28. The van der Waals surface area contributed by atoms with Crippen LogP contribution in [0.4, 0.5) is 13.2 Å². The van der Waals surface area contributed by atoms with Crippen LogP contribution in [0.2, 0.25) is 5.02 Å². The van der Waals surface area contributed by atoms with Gasteiger partial charge in [-0.3, -0.25) is 9.36 Å². The molecule has 0 aliphatic carbocycles. The van der Waals surface area contributed by atoms with Crippen LogP contribution in [-0.2, 0) is 18.5 Å². The molecule has 186 valence electrons. The fourth-order valence-corrected chi connectivity index (χ4v) is 6.95. The van der Waals surface area contributed by atoms with E-state index in [-0.39, 0.29) is 17.9 Å². The van der Waals surface area contributed by atoms with Crippen LogP contribution in [0, 0.1) is 0 Å². The van der Waals surface area contributed by atoms with Gasteiger partial charge in [-0.25, -0.2) is 0 Å². The molecule has 35 heavy (non-hydrogen) atoms. The molecule has 0 radical (unpaired) electrons. The predicted octanol–water partition coefficient (Wildman–Crippen LogP) is 5.94. The second-order valence-electron chi connectivity index (χ2n) is 7.45. The molecule has 4 rings (SSSR count). The van der Waals surface area contributed by atoms with Crippen molar-refractivity contribution in [1.82, 2.24) is 14.8 Å². The summed E-state index contributed by atoms with van der Waals surface area (Å²) in [4.78, 5) is 12.4. The van der Waals surface area contributed by atoms with Crippen molar-refractivity contribution in [2.45, 2.75) is 20.6 Å². The van der Waals surface area contributed by atoms with Crippen molar-refractivity contribution >= 4 is 51.9 Å². The van der Waals surface area contributed by atoms with E-state index in [2.05, 4.69) is 10.2 Å². The summed E-state index contributed by atoms with van der Waals surface area (Å²) in [5.74, 6) is -1.02. The minimum atomic E-state index is -4.80. The highest BCUT2D eigenvalue weighted by Crippen LogP contribution is 2.60. The second kappa shape index (κ2) is 9.69. The highest BCUT2D eigenvalue weighted by Gasteiger charge is 2.49. The first-order valence-corrected chi connectivity index (χ1v) is 12.3. The number of para-hydroxylation sites is 1. The third-order valence-electron chi connectivity index (χ3n) is 5.38. The zero-order valence-corrected chi connectivity index (χ0v) is 22.3. The lowest BCUT2D eigenvalue weighted by molar-refractivity contribution is -0.146. The second-order valence-corrected chi connectivity index (χ2v) is 11.9. The highest BCUT2D eigenvalue weighted by molar-refractivity contribution is 14.1. The normalized spacial score (nSPS) is 19.4. The smallest absolute Gasteiger partial charge is 0.452 e. The summed E-state index contributed by atoms with van der Waals surface area (Å²) in [6, 6.07) is 9.83. The molecular weight excluding hydrogens is 622 g/mol. The van der Waals surface area contributed by atoms with Crippen LogP contribution >= 0.6 is 46.0 Å². The Morgan fingerprint density at radius 3 is 2.54 bits per heavy atom.